The maximum atomic E-state index is 12.2. The molecule has 0 aromatic heterocycles. The molecule has 4 aromatic rings. The van der Waals surface area contributed by atoms with E-state index < -0.39 is 5.97 Å². The third-order valence-corrected chi connectivity index (χ3v) is 6.18. The van der Waals surface area contributed by atoms with Crippen LogP contribution in [0, 0.1) is 0 Å². The molecular weight excluding hydrogens is 372 g/mol. The second-order valence-corrected chi connectivity index (χ2v) is 7.70. The van der Waals surface area contributed by atoms with Gasteiger partial charge >= 0.3 is 5.97 Å². The average Bonchev–Trinajstić information content (AvgIpc) is 3.15. The Hall–Kier alpha value is -3.85. The van der Waals surface area contributed by atoms with Crippen molar-refractivity contribution in [1.29, 1.82) is 0 Å². The predicted molar refractivity (Wildman–Crippen MR) is 118 cm³/mol. The fraction of sp³-hybridized carbons (Fsp3) is 0.0741. The Morgan fingerprint density at radius 3 is 2.33 bits per heavy atom. The number of aliphatic carboxylic acids is 1. The van der Waals surface area contributed by atoms with Gasteiger partial charge in [-0.1, -0.05) is 78.9 Å². The fourth-order valence-electron chi connectivity index (χ4n) is 5.05. The molecule has 1 aliphatic heterocycles. The molecule has 3 heteroatoms. The number of carbonyl (C=O) groups is 1. The van der Waals surface area contributed by atoms with Gasteiger partial charge in [0.2, 0.25) is 0 Å². The molecule has 6 rings (SSSR count). The lowest BCUT2D eigenvalue weighted by Crippen LogP contribution is -2.15. The average molecular weight is 390 g/mol. The van der Waals surface area contributed by atoms with Gasteiger partial charge in [0, 0.05) is 16.9 Å². The molecule has 30 heavy (non-hydrogen) atoms. The minimum Gasteiger partial charge on any atom is -0.488 e. The molecule has 1 N–H and O–H groups in total. The number of ether oxygens (including phenoxy) is 1. The van der Waals surface area contributed by atoms with Gasteiger partial charge in [-0.05, 0) is 39.3 Å². The molecule has 2 aliphatic rings. The zero-order chi connectivity index (χ0) is 20.2. The van der Waals surface area contributed by atoms with Crippen molar-refractivity contribution in [2.45, 2.75) is 5.92 Å². The highest BCUT2D eigenvalue weighted by Crippen LogP contribution is 2.56. The summed E-state index contributed by atoms with van der Waals surface area (Å²) in [5.41, 5.74) is 6.70. The van der Waals surface area contributed by atoms with Crippen LogP contribution in [0.1, 0.15) is 28.2 Å². The topological polar surface area (TPSA) is 46.5 Å². The Kier molecular flexibility index (Phi) is 3.59. The van der Waals surface area contributed by atoms with Crippen LogP contribution in [0.5, 0.6) is 5.75 Å². The summed E-state index contributed by atoms with van der Waals surface area (Å²) in [6, 6.07) is 26.9. The lowest BCUT2D eigenvalue weighted by Gasteiger charge is -2.25. The molecule has 1 heterocycles. The highest BCUT2D eigenvalue weighted by Gasteiger charge is 2.38. The van der Waals surface area contributed by atoms with Crippen molar-refractivity contribution in [3.8, 4) is 16.9 Å². The van der Waals surface area contributed by atoms with E-state index in [1.807, 2.05) is 36.4 Å². The second kappa shape index (κ2) is 6.33. The molecule has 1 atom stereocenters. The van der Waals surface area contributed by atoms with Gasteiger partial charge < -0.3 is 9.84 Å². The minimum atomic E-state index is -0.917. The van der Waals surface area contributed by atoms with Gasteiger partial charge in [0.1, 0.15) is 12.4 Å². The van der Waals surface area contributed by atoms with Crippen LogP contribution in [0.25, 0.3) is 27.5 Å². The van der Waals surface area contributed by atoms with E-state index in [1.54, 1.807) is 6.08 Å². The normalized spacial score (nSPS) is 16.3. The molecule has 3 nitrogen and oxygen atoms in total. The van der Waals surface area contributed by atoms with Crippen molar-refractivity contribution in [2.75, 3.05) is 6.61 Å². The van der Waals surface area contributed by atoms with E-state index in [4.69, 9.17) is 4.74 Å². The van der Waals surface area contributed by atoms with E-state index >= 15 is 0 Å². The van der Waals surface area contributed by atoms with E-state index in [1.165, 1.54) is 5.56 Å². The quantitative estimate of drug-likeness (QED) is 0.411. The number of benzene rings is 4. The highest BCUT2D eigenvalue weighted by atomic mass is 16.5. The molecule has 1 unspecified atom stereocenters. The molecule has 0 amide bonds. The van der Waals surface area contributed by atoms with E-state index in [9.17, 15) is 9.90 Å². The van der Waals surface area contributed by atoms with Gasteiger partial charge in [-0.15, -0.1) is 0 Å². The van der Waals surface area contributed by atoms with Crippen molar-refractivity contribution in [1.82, 2.24) is 0 Å². The van der Waals surface area contributed by atoms with E-state index in [0.717, 1.165) is 33.0 Å². The molecule has 0 radical (unpaired) electrons. The zero-order valence-electron chi connectivity index (χ0n) is 16.1. The third kappa shape index (κ3) is 2.23. The monoisotopic (exact) mass is 390 g/mol. The standard InChI is InChI=1S/C27H18O3/c28-27(29)21-14-15-30-26-20-13-7-6-12-19(20)23-18-11-5-4-10-17(18)22(25(23)24(21)26)16-8-2-1-3-9-16/h1-14,22H,15H2,(H,28,29). The van der Waals surface area contributed by atoms with Crippen molar-refractivity contribution in [3.05, 3.63) is 107 Å². The Bertz CT molecular complexity index is 1370. The SMILES string of the molecule is O=C(O)C1=CCOc2c1c1c(c3ccccc23)-c2ccccc2C1c1ccccc1. The van der Waals surface area contributed by atoms with Crippen LogP contribution in [0.4, 0.5) is 0 Å². The van der Waals surface area contributed by atoms with Crippen LogP contribution in [0.2, 0.25) is 0 Å². The summed E-state index contributed by atoms with van der Waals surface area (Å²) in [4.78, 5) is 12.2. The molecule has 0 spiro atoms. The van der Waals surface area contributed by atoms with Crippen LogP contribution in [-0.4, -0.2) is 17.7 Å². The lowest BCUT2D eigenvalue weighted by atomic mass is 9.82. The summed E-state index contributed by atoms with van der Waals surface area (Å²) in [6.07, 6.45) is 1.69. The van der Waals surface area contributed by atoms with E-state index in [-0.39, 0.29) is 12.5 Å². The number of hydrogen-bond donors (Lipinski definition) is 1. The Labute approximate surface area is 173 Å². The number of carboxylic acids is 1. The van der Waals surface area contributed by atoms with Gasteiger partial charge in [0.05, 0.1) is 5.57 Å². The van der Waals surface area contributed by atoms with Crippen molar-refractivity contribution in [3.63, 3.8) is 0 Å². The Balaban J connectivity index is 1.83. The van der Waals surface area contributed by atoms with Gasteiger partial charge in [-0.25, -0.2) is 4.79 Å². The fourth-order valence-corrected chi connectivity index (χ4v) is 5.05. The first-order chi connectivity index (χ1) is 14.8. The maximum Gasteiger partial charge on any atom is 0.336 e. The van der Waals surface area contributed by atoms with Gasteiger partial charge in [0.25, 0.3) is 0 Å². The van der Waals surface area contributed by atoms with Crippen LogP contribution in [0.15, 0.2) is 84.9 Å². The van der Waals surface area contributed by atoms with Gasteiger partial charge in [-0.3, -0.25) is 0 Å². The molecule has 0 fully saturated rings. The highest BCUT2D eigenvalue weighted by molar-refractivity contribution is 6.21. The van der Waals surface area contributed by atoms with Crippen LogP contribution < -0.4 is 4.74 Å². The van der Waals surface area contributed by atoms with Gasteiger partial charge in [0.15, 0.2) is 0 Å². The number of hydrogen-bond acceptors (Lipinski definition) is 2. The molecule has 4 aromatic carbocycles. The van der Waals surface area contributed by atoms with Crippen LogP contribution >= 0.6 is 0 Å². The molecule has 0 saturated carbocycles. The molecular formula is C27H18O3. The smallest absolute Gasteiger partial charge is 0.336 e. The summed E-state index contributed by atoms with van der Waals surface area (Å²) >= 11 is 0. The van der Waals surface area contributed by atoms with Crippen molar-refractivity contribution in [2.24, 2.45) is 0 Å². The second-order valence-electron chi connectivity index (χ2n) is 7.70. The first-order valence-electron chi connectivity index (χ1n) is 10.0. The van der Waals surface area contributed by atoms with Gasteiger partial charge in [-0.2, -0.15) is 0 Å². The zero-order valence-corrected chi connectivity index (χ0v) is 16.1. The van der Waals surface area contributed by atoms with E-state index in [0.29, 0.717) is 16.9 Å². The summed E-state index contributed by atoms with van der Waals surface area (Å²) in [7, 11) is 0. The number of carboxylic acid groups (broad SMARTS) is 1. The summed E-state index contributed by atoms with van der Waals surface area (Å²) < 4.78 is 6.09. The summed E-state index contributed by atoms with van der Waals surface area (Å²) in [5, 5.41) is 12.1. The largest absolute Gasteiger partial charge is 0.488 e. The van der Waals surface area contributed by atoms with Crippen molar-refractivity contribution >= 4 is 22.3 Å². The Morgan fingerprint density at radius 1 is 0.833 bits per heavy atom. The molecule has 0 bridgehead atoms. The van der Waals surface area contributed by atoms with Crippen LogP contribution in [-0.2, 0) is 4.79 Å². The summed E-state index contributed by atoms with van der Waals surface area (Å²) in [6.45, 7) is 0.264. The lowest BCUT2D eigenvalue weighted by molar-refractivity contribution is -0.130. The first kappa shape index (κ1) is 17.0. The third-order valence-electron chi connectivity index (χ3n) is 6.18. The minimum absolute atomic E-state index is 0.0415. The van der Waals surface area contributed by atoms with E-state index in [2.05, 4.69) is 42.5 Å². The first-order valence-corrected chi connectivity index (χ1v) is 10.0. The maximum absolute atomic E-state index is 12.2. The molecule has 144 valence electrons. The number of fused-ring (bicyclic) bond motifs is 8. The summed E-state index contributed by atoms with van der Waals surface area (Å²) in [5.74, 6) is -0.280. The van der Waals surface area contributed by atoms with Crippen LogP contribution in [0.3, 0.4) is 0 Å². The Morgan fingerprint density at radius 2 is 1.53 bits per heavy atom. The number of rotatable bonds is 2. The van der Waals surface area contributed by atoms with Crippen molar-refractivity contribution < 1.29 is 14.6 Å². The molecule has 0 saturated heterocycles. The predicted octanol–water partition coefficient (Wildman–Crippen LogP) is 5.86. The molecule has 1 aliphatic carbocycles.